The van der Waals surface area contributed by atoms with Gasteiger partial charge in [-0.2, -0.15) is 0 Å². The van der Waals surface area contributed by atoms with Crippen molar-refractivity contribution in [1.82, 2.24) is 15.5 Å². The van der Waals surface area contributed by atoms with E-state index in [4.69, 9.17) is 4.42 Å². The number of hydrogen-bond acceptors (Lipinski definition) is 5. The maximum Gasteiger partial charge on any atom is 0.315 e. The summed E-state index contributed by atoms with van der Waals surface area (Å²) >= 11 is 0. The Kier molecular flexibility index (Phi) is 3.88. The molecule has 0 fully saturated rings. The zero-order chi connectivity index (χ0) is 10.6. The molecule has 1 aromatic heterocycles. The van der Waals surface area contributed by atoms with E-state index in [2.05, 4.69) is 34.7 Å². The van der Waals surface area contributed by atoms with Crippen molar-refractivity contribution in [1.29, 1.82) is 0 Å². The van der Waals surface area contributed by atoms with Gasteiger partial charge in [-0.05, 0) is 27.3 Å². The van der Waals surface area contributed by atoms with Gasteiger partial charge in [-0.25, -0.2) is 0 Å². The fraction of sp³-hybridized carbons (Fsp3) is 0.778. The van der Waals surface area contributed by atoms with Crippen LogP contribution < -0.4 is 10.6 Å². The van der Waals surface area contributed by atoms with Crippen molar-refractivity contribution in [3.8, 4) is 0 Å². The Morgan fingerprint density at radius 1 is 1.36 bits per heavy atom. The van der Waals surface area contributed by atoms with Crippen molar-refractivity contribution in [3.63, 3.8) is 0 Å². The van der Waals surface area contributed by atoms with Crippen LogP contribution in [0.1, 0.15) is 39.1 Å². The van der Waals surface area contributed by atoms with Gasteiger partial charge in [0.1, 0.15) is 0 Å². The monoisotopic (exact) mass is 198 g/mol. The molecule has 1 rings (SSSR count). The van der Waals surface area contributed by atoms with Crippen LogP contribution in [-0.2, 0) is 0 Å². The third-order valence-electron chi connectivity index (χ3n) is 2.23. The van der Waals surface area contributed by atoms with Crippen molar-refractivity contribution in [2.24, 2.45) is 0 Å². The first-order valence-electron chi connectivity index (χ1n) is 4.94. The maximum atomic E-state index is 5.41. The third-order valence-corrected chi connectivity index (χ3v) is 2.23. The number of nitrogens with zero attached hydrogens (tertiary/aromatic N) is 2. The Labute approximate surface area is 84.3 Å². The molecule has 2 unspecified atom stereocenters. The Balaban J connectivity index is 2.59. The molecule has 5 nitrogen and oxygen atoms in total. The molecule has 0 aliphatic heterocycles. The van der Waals surface area contributed by atoms with Gasteiger partial charge in [-0.15, -0.1) is 5.10 Å². The van der Waals surface area contributed by atoms with E-state index in [0.717, 1.165) is 6.42 Å². The Morgan fingerprint density at radius 3 is 2.64 bits per heavy atom. The van der Waals surface area contributed by atoms with Crippen molar-refractivity contribution in [2.45, 2.75) is 39.3 Å². The van der Waals surface area contributed by atoms with Gasteiger partial charge >= 0.3 is 6.01 Å². The average Bonchev–Trinajstić information content (AvgIpc) is 2.65. The molecular weight excluding hydrogens is 180 g/mol. The fourth-order valence-electron chi connectivity index (χ4n) is 0.904. The zero-order valence-corrected chi connectivity index (χ0v) is 9.16. The summed E-state index contributed by atoms with van der Waals surface area (Å²) in [5.41, 5.74) is 0. The van der Waals surface area contributed by atoms with Crippen LogP contribution in [0.5, 0.6) is 0 Å². The van der Waals surface area contributed by atoms with Crippen LogP contribution in [0.4, 0.5) is 6.01 Å². The highest BCUT2D eigenvalue weighted by molar-refractivity contribution is 5.18. The first-order chi connectivity index (χ1) is 6.67. The molecule has 0 aliphatic carbocycles. The molecule has 0 saturated heterocycles. The minimum Gasteiger partial charge on any atom is -0.406 e. The van der Waals surface area contributed by atoms with Gasteiger partial charge < -0.3 is 15.1 Å². The second-order valence-corrected chi connectivity index (χ2v) is 3.41. The summed E-state index contributed by atoms with van der Waals surface area (Å²) in [7, 11) is 1.86. The first-order valence-corrected chi connectivity index (χ1v) is 4.94. The molecule has 2 atom stereocenters. The zero-order valence-electron chi connectivity index (χ0n) is 9.16. The highest BCUT2D eigenvalue weighted by Gasteiger charge is 2.12. The van der Waals surface area contributed by atoms with Gasteiger partial charge in [0, 0.05) is 6.04 Å². The second-order valence-electron chi connectivity index (χ2n) is 3.41. The minimum atomic E-state index is 0.0926. The summed E-state index contributed by atoms with van der Waals surface area (Å²) in [5.74, 6) is 0.610. The van der Waals surface area contributed by atoms with Crippen molar-refractivity contribution >= 4 is 6.01 Å². The van der Waals surface area contributed by atoms with Gasteiger partial charge in [0.25, 0.3) is 0 Å². The van der Waals surface area contributed by atoms with Crippen LogP contribution in [-0.4, -0.2) is 23.3 Å². The number of rotatable bonds is 5. The van der Waals surface area contributed by atoms with Gasteiger partial charge in [0.15, 0.2) is 0 Å². The van der Waals surface area contributed by atoms with Crippen LogP contribution >= 0.6 is 0 Å². The van der Waals surface area contributed by atoms with E-state index in [0.29, 0.717) is 17.9 Å². The molecule has 0 aliphatic rings. The lowest BCUT2D eigenvalue weighted by Crippen LogP contribution is -2.13. The predicted octanol–water partition coefficient (Wildman–Crippen LogP) is 1.56. The van der Waals surface area contributed by atoms with Crippen LogP contribution in [0.3, 0.4) is 0 Å². The van der Waals surface area contributed by atoms with Crippen LogP contribution in [0.25, 0.3) is 0 Å². The van der Waals surface area contributed by atoms with Gasteiger partial charge in [-0.3, -0.25) is 0 Å². The topological polar surface area (TPSA) is 63.0 Å². The van der Waals surface area contributed by atoms with Gasteiger partial charge in [0.05, 0.1) is 6.04 Å². The highest BCUT2D eigenvalue weighted by atomic mass is 16.4. The van der Waals surface area contributed by atoms with Crippen molar-refractivity contribution in [3.05, 3.63) is 5.89 Å². The molecule has 0 amide bonds. The molecule has 0 radical (unpaired) electrons. The van der Waals surface area contributed by atoms with Crippen LogP contribution in [0.15, 0.2) is 4.42 Å². The Bertz CT molecular complexity index is 274. The molecule has 1 heterocycles. The first kappa shape index (κ1) is 11.0. The lowest BCUT2D eigenvalue weighted by atomic mass is 10.3. The third kappa shape index (κ3) is 2.70. The van der Waals surface area contributed by atoms with E-state index in [-0.39, 0.29) is 6.04 Å². The summed E-state index contributed by atoms with van der Waals surface area (Å²) in [4.78, 5) is 0. The van der Waals surface area contributed by atoms with E-state index in [1.54, 1.807) is 0 Å². The van der Waals surface area contributed by atoms with E-state index >= 15 is 0 Å². The average molecular weight is 198 g/mol. The van der Waals surface area contributed by atoms with E-state index in [9.17, 15) is 0 Å². The van der Waals surface area contributed by atoms with Crippen LogP contribution in [0, 0.1) is 0 Å². The summed E-state index contributed by atoms with van der Waals surface area (Å²) in [6.07, 6.45) is 1.03. The van der Waals surface area contributed by atoms with Crippen molar-refractivity contribution in [2.75, 3.05) is 12.4 Å². The largest absolute Gasteiger partial charge is 0.406 e. The van der Waals surface area contributed by atoms with Crippen LogP contribution in [0.2, 0.25) is 0 Å². The molecule has 0 bridgehead atoms. The molecule has 80 valence electrons. The second kappa shape index (κ2) is 4.95. The lowest BCUT2D eigenvalue weighted by molar-refractivity contribution is 0.438. The molecule has 5 heteroatoms. The lowest BCUT2D eigenvalue weighted by Gasteiger charge is -2.07. The number of hydrogen-bond donors (Lipinski definition) is 2. The fourth-order valence-corrected chi connectivity index (χ4v) is 0.904. The van der Waals surface area contributed by atoms with Crippen molar-refractivity contribution < 1.29 is 4.42 Å². The molecule has 0 spiro atoms. The molecule has 0 saturated carbocycles. The molecule has 2 N–H and O–H groups in total. The molecule has 14 heavy (non-hydrogen) atoms. The van der Waals surface area contributed by atoms with Gasteiger partial charge in [0.2, 0.25) is 5.89 Å². The highest BCUT2D eigenvalue weighted by Crippen LogP contribution is 2.13. The Hall–Kier alpha value is -1.10. The van der Waals surface area contributed by atoms with E-state index < -0.39 is 0 Å². The van der Waals surface area contributed by atoms with E-state index in [1.807, 2.05) is 14.0 Å². The minimum absolute atomic E-state index is 0.0926. The Morgan fingerprint density at radius 2 is 2.07 bits per heavy atom. The summed E-state index contributed by atoms with van der Waals surface area (Å²) in [5, 5.41) is 14.0. The summed E-state index contributed by atoms with van der Waals surface area (Å²) < 4.78 is 5.41. The number of nitrogens with one attached hydrogen (secondary N) is 2. The molecule has 1 aromatic rings. The van der Waals surface area contributed by atoms with E-state index in [1.165, 1.54) is 0 Å². The standard InChI is InChI=1S/C9H18N4O/c1-5-6(2)11-9-13-12-8(14-9)7(3)10-4/h6-7,10H,5H2,1-4H3,(H,11,13). The smallest absolute Gasteiger partial charge is 0.315 e. The molecular formula is C9H18N4O. The summed E-state index contributed by atoms with van der Waals surface area (Å²) in [6.45, 7) is 6.15. The quantitative estimate of drug-likeness (QED) is 0.751. The number of aromatic nitrogens is 2. The number of anilines is 1. The maximum absolute atomic E-state index is 5.41. The SMILES string of the molecule is CCC(C)Nc1nnc(C(C)NC)o1. The van der Waals surface area contributed by atoms with Gasteiger partial charge in [-0.1, -0.05) is 12.0 Å². The predicted molar refractivity (Wildman–Crippen MR) is 55.1 cm³/mol. The molecule has 0 aromatic carbocycles. The summed E-state index contributed by atoms with van der Waals surface area (Å²) in [6, 6.07) is 0.944. The normalized spacial score (nSPS) is 15.1.